The summed E-state index contributed by atoms with van der Waals surface area (Å²) in [5.41, 5.74) is 2.11. The van der Waals surface area contributed by atoms with Crippen LogP contribution >= 0.6 is 11.6 Å². The largest absolute Gasteiger partial charge is 0.464 e. The molecule has 0 aliphatic carbocycles. The summed E-state index contributed by atoms with van der Waals surface area (Å²) < 4.78 is 5.39. The van der Waals surface area contributed by atoms with E-state index in [0.29, 0.717) is 6.04 Å². The maximum Gasteiger partial charge on any atom is 0.134 e. The summed E-state index contributed by atoms with van der Waals surface area (Å²) in [5, 5.41) is 5.45. The molecule has 0 radical (unpaired) electrons. The molecule has 78 valence electrons. The highest BCUT2D eigenvalue weighted by Gasteiger charge is 2.21. The summed E-state index contributed by atoms with van der Waals surface area (Å²) >= 11 is 6.26. The fourth-order valence-corrected chi connectivity index (χ4v) is 2.62. The molecule has 1 unspecified atom stereocenters. The van der Waals surface area contributed by atoms with E-state index in [9.17, 15) is 0 Å². The topological polar surface area (TPSA) is 25.2 Å². The first-order valence-corrected chi connectivity index (χ1v) is 5.63. The second-order valence-corrected chi connectivity index (χ2v) is 4.35. The van der Waals surface area contributed by atoms with Crippen molar-refractivity contribution in [1.29, 1.82) is 0 Å². The molecule has 0 spiro atoms. The number of furan rings is 1. The quantitative estimate of drug-likeness (QED) is 0.797. The van der Waals surface area contributed by atoms with Gasteiger partial charge in [0, 0.05) is 16.5 Å². The first-order valence-electron chi connectivity index (χ1n) is 5.25. The molecule has 15 heavy (non-hydrogen) atoms. The van der Waals surface area contributed by atoms with E-state index in [1.807, 2.05) is 18.2 Å². The maximum absolute atomic E-state index is 6.26. The lowest BCUT2D eigenvalue weighted by Gasteiger charge is -2.13. The van der Waals surface area contributed by atoms with Crippen molar-refractivity contribution in [2.45, 2.75) is 18.9 Å². The molecule has 1 aliphatic rings. The summed E-state index contributed by atoms with van der Waals surface area (Å²) in [6.45, 7) is 1.08. The van der Waals surface area contributed by atoms with Gasteiger partial charge in [0.15, 0.2) is 0 Å². The molecule has 1 aromatic carbocycles. The minimum Gasteiger partial charge on any atom is -0.464 e. The molecule has 0 bridgehead atoms. The van der Waals surface area contributed by atoms with Gasteiger partial charge in [-0.15, -0.1) is 0 Å². The first-order chi connectivity index (χ1) is 7.36. The first kappa shape index (κ1) is 9.25. The Balaban J connectivity index is 2.21. The van der Waals surface area contributed by atoms with E-state index in [0.717, 1.165) is 29.0 Å². The lowest BCUT2D eigenvalue weighted by molar-refractivity contribution is 0.614. The van der Waals surface area contributed by atoms with Crippen LogP contribution in [-0.2, 0) is 0 Å². The number of halogens is 1. The zero-order valence-corrected chi connectivity index (χ0v) is 9.05. The van der Waals surface area contributed by atoms with Gasteiger partial charge in [-0.3, -0.25) is 0 Å². The Morgan fingerprint density at radius 3 is 3.07 bits per heavy atom. The lowest BCUT2D eigenvalue weighted by Crippen LogP contribution is -2.13. The third kappa shape index (κ3) is 1.45. The monoisotopic (exact) mass is 221 g/mol. The summed E-state index contributed by atoms with van der Waals surface area (Å²) in [5.74, 6) is 0. The number of fused-ring (bicyclic) bond motifs is 1. The minimum absolute atomic E-state index is 0.388. The molecule has 2 nitrogen and oxygen atoms in total. The summed E-state index contributed by atoms with van der Waals surface area (Å²) in [7, 11) is 0. The van der Waals surface area contributed by atoms with Crippen molar-refractivity contribution in [3.8, 4) is 0 Å². The predicted molar refractivity (Wildman–Crippen MR) is 61.2 cm³/mol. The summed E-state index contributed by atoms with van der Waals surface area (Å²) in [6, 6.07) is 6.23. The Morgan fingerprint density at radius 2 is 2.27 bits per heavy atom. The average Bonchev–Trinajstić information content (AvgIpc) is 2.85. The van der Waals surface area contributed by atoms with Crippen LogP contribution in [0.3, 0.4) is 0 Å². The smallest absolute Gasteiger partial charge is 0.134 e. The van der Waals surface area contributed by atoms with Crippen molar-refractivity contribution in [3.63, 3.8) is 0 Å². The minimum atomic E-state index is 0.388. The molecule has 1 fully saturated rings. The van der Waals surface area contributed by atoms with Crippen LogP contribution in [0, 0.1) is 0 Å². The molecule has 1 aromatic heterocycles. The molecule has 1 atom stereocenters. The van der Waals surface area contributed by atoms with Gasteiger partial charge in [-0.25, -0.2) is 0 Å². The van der Waals surface area contributed by atoms with E-state index in [-0.39, 0.29) is 0 Å². The fourth-order valence-electron chi connectivity index (χ4n) is 2.32. The van der Waals surface area contributed by atoms with Crippen LogP contribution in [0.25, 0.3) is 11.0 Å². The molecule has 0 amide bonds. The third-order valence-electron chi connectivity index (χ3n) is 3.03. The van der Waals surface area contributed by atoms with E-state index in [4.69, 9.17) is 16.0 Å². The van der Waals surface area contributed by atoms with Gasteiger partial charge in [-0.05, 0) is 43.1 Å². The van der Waals surface area contributed by atoms with Crippen LogP contribution < -0.4 is 5.32 Å². The molecular formula is C12H12ClNO. The number of hydrogen-bond acceptors (Lipinski definition) is 2. The molecule has 0 saturated carbocycles. The van der Waals surface area contributed by atoms with Gasteiger partial charge < -0.3 is 9.73 Å². The second-order valence-electron chi connectivity index (χ2n) is 3.94. The number of nitrogens with one attached hydrogen (secondary N) is 1. The summed E-state index contributed by atoms with van der Waals surface area (Å²) in [4.78, 5) is 0. The molecule has 1 saturated heterocycles. The predicted octanol–water partition coefficient (Wildman–Crippen LogP) is 3.51. The van der Waals surface area contributed by atoms with E-state index in [2.05, 4.69) is 5.32 Å². The van der Waals surface area contributed by atoms with Gasteiger partial charge in [0.1, 0.15) is 5.58 Å². The molecule has 1 N–H and O–H groups in total. The third-order valence-corrected chi connectivity index (χ3v) is 3.36. The van der Waals surface area contributed by atoms with Crippen molar-refractivity contribution in [2.24, 2.45) is 0 Å². The zero-order chi connectivity index (χ0) is 10.3. The van der Waals surface area contributed by atoms with E-state index >= 15 is 0 Å². The van der Waals surface area contributed by atoms with Crippen LogP contribution in [0.2, 0.25) is 5.02 Å². The highest BCUT2D eigenvalue weighted by molar-refractivity contribution is 6.32. The average molecular weight is 222 g/mol. The Labute approximate surface area is 93.2 Å². The van der Waals surface area contributed by atoms with Gasteiger partial charge in [-0.2, -0.15) is 0 Å². The molecule has 3 heteroatoms. The van der Waals surface area contributed by atoms with Crippen LogP contribution in [0.5, 0.6) is 0 Å². The number of hydrogen-bond donors (Lipinski definition) is 1. The zero-order valence-electron chi connectivity index (χ0n) is 8.29. The molecule has 3 rings (SSSR count). The van der Waals surface area contributed by atoms with Crippen LogP contribution in [0.4, 0.5) is 0 Å². The van der Waals surface area contributed by atoms with Gasteiger partial charge in [-0.1, -0.05) is 11.6 Å². The van der Waals surface area contributed by atoms with E-state index < -0.39 is 0 Å². The number of rotatable bonds is 1. The Hall–Kier alpha value is -0.990. The van der Waals surface area contributed by atoms with Crippen LogP contribution in [0.15, 0.2) is 28.9 Å². The Morgan fingerprint density at radius 1 is 1.33 bits per heavy atom. The fraction of sp³-hybridized carbons (Fsp3) is 0.333. The highest BCUT2D eigenvalue weighted by Crippen LogP contribution is 2.35. The van der Waals surface area contributed by atoms with Crippen LogP contribution in [-0.4, -0.2) is 6.54 Å². The Kier molecular flexibility index (Phi) is 2.19. The molecule has 2 aromatic rings. The lowest BCUT2D eigenvalue weighted by atomic mass is 10.0. The van der Waals surface area contributed by atoms with Crippen molar-refractivity contribution >= 4 is 22.6 Å². The van der Waals surface area contributed by atoms with Gasteiger partial charge in [0.2, 0.25) is 0 Å². The molecular weight excluding hydrogens is 210 g/mol. The van der Waals surface area contributed by atoms with Crippen LogP contribution in [0.1, 0.15) is 24.4 Å². The van der Waals surface area contributed by atoms with Gasteiger partial charge >= 0.3 is 0 Å². The van der Waals surface area contributed by atoms with E-state index in [1.54, 1.807) is 6.26 Å². The summed E-state index contributed by atoms with van der Waals surface area (Å²) in [6.07, 6.45) is 4.10. The van der Waals surface area contributed by atoms with Crippen molar-refractivity contribution in [2.75, 3.05) is 6.54 Å². The Bertz CT molecular complexity index is 485. The van der Waals surface area contributed by atoms with Gasteiger partial charge in [0.25, 0.3) is 0 Å². The molecule has 1 aliphatic heterocycles. The van der Waals surface area contributed by atoms with Crippen molar-refractivity contribution in [3.05, 3.63) is 35.0 Å². The van der Waals surface area contributed by atoms with Crippen molar-refractivity contribution in [1.82, 2.24) is 5.32 Å². The van der Waals surface area contributed by atoms with E-state index in [1.165, 1.54) is 12.0 Å². The second kappa shape index (κ2) is 3.54. The normalized spacial score (nSPS) is 21.3. The molecule has 2 heterocycles. The SMILES string of the molecule is Clc1ccc2occc2c1C1CCCN1. The van der Waals surface area contributed by atoms with Gasteiger partial charge in [0.05, 0.1) is 6.26 Å². The number of benzene rings is 1. The maximum atomic E-state index is 6.26. The standard InChI is InChI=1S/C12H12ClNO/c13-9-3-4-11-8(5-7-15-11)12(9)10-2-1-6-14-10/h3-5,7,10,14H,1-2,6H2. The highest BCUT2D eigenvalue weighted by atomic mass is 35.5. The van der Waals surface area contributed by atoms with Crippen molar-refractivity contribution < 1.29 is 4.42 Å².